The Bertz CT molecular complexity index is 801. The van der Waals surface area contributed by atoms with Crippen LogP contribution in [-0.2, 0) is 6.42 Å². The van der Waals surface area contributed by atoms with Crippen LogP contribution in [0.3, 0.4) is 0 Å². The number of anilines is 3. The van der Waals surface area contributed by atoms with E-state index in [1.54, 1.807) is 0 Å². The minimum atomic E-state index is 0.528. The molecule has 0 fully saturated rings. The molecule has 0 aliphatic carbocycles. The first-order valence-corrected chi connectivity index (χ1v) is 7.52. The van der Waals surface area contributed by atoms with Crippen molar-refractivity contribution in [3.8, 4) is 0 Å². The molecule has 0 radical (unpaired) electrons. The lowest BCUT2D eigenvalue weighted by Crippen LogP contribution is -2.04. The van der Waals surface area contributed by atoms with Crippen molar-refractivity contribution in [1.29, 1.82) is 0 Å². The maximum Gasteiger partial charge on any atom is 0.139 e. The van der Waals surface area contributed by atoms with Crippen molar-refractivity contribution in [3.05, 3.63) is 52.8 Å². The molecule has 0 saturated heterocycles. The molecule has 3 rings (SSSR count). The zero-order valence-corrected chi connectivity index (χ0v) is 13.2. The Hall–Kier alpha value is -2.14. The predicted octanol–water partition coefficient (Wildman–Crippen LogP) is 4.28. The molecule has 3 N–H and O–H groups in total. The third kappa shape index (κ3) is 2.83. The van der Waals surface area contributed by atoms with E-state index in [0.717, 1.165) is 28.0 Å². The number of hydrogen-bond donors (Lipinski definition) is 2. The van der Waals surface area contributed by atoms with Crippen molar-refractivity contribution in [3.63, 3.8) is 0 Å². The summed E-state index contributed by atoms with van der Waals surface area (Å²) in [5, 5.41) is 5.69. The van der Waals surface area contributed by atoms with Gasteiger partial charge in [-0.15, -0.1) is 0 Å². The van der Waals surface area contributed by atoms with Gasteiger partial charge in [-0.25, -0.2) is 9.97 Å². The van der Waals surface area contributed by atoms with Crippen LogP contribution >= 0.6 is 15.9 Å². The van der Waals surface area contributed by atoms with E-state index in [1.807, 2.05) is 19.1 Å². The highest BCUT2D eigenvalue weighted by Crippen LogP contribution is 2.26. The van der Waals surface area contributed by atoms with Crippen LogP contribution in [-0.4, -0.2) is 9.97 Å². The number of nitrogen functional groups attached to an aromatic ring is 1. The average Bonchev–Trinajstić information content (AvgIpc) is 2.48. The Balaban J connectivity index is 1.98. The summed E-state index contributed by atoms with van der Waals surface area (Å²) in [6, 6.07) is 12.4. The number of nitrogens with two attached hydrogens (primary N) is 1. The van der Waals surface area contributed by atoms with Crippen LogP contribution in [0.25, 0.3) is 10.8 Å². The summed E-state index contributed by atoms with van der Waals surface area (Å²) in [4.78, 5) is 8.32. The molecule has 0 spiro atoms. The van der Waals surface area contributed by atoms with E-state index in [0.29, 0.717) is 5.82 Å². The summed E-state index contributed by atoms with van der Waals surface area (Å²) in [5.74, 6) is 1.29. The zero-order chi connectivity index (χ0) is 14.8. The van der Waals surface area contributed by atoms with Crippen LogP contribution in [0.15, 0.2) is 47.2 Å². The normalized spacial score (nSPS) is 10.8. The van der Waals surface area contributed by atoms with Gasteiger partial charge < -0.3 is 11.1 Å². The van der Waals surface area contributed by atoms with E-state index in [2.05, 4.69) is 55.5 Å². The van der Waals surface area contributed by atoms with Gasteiger partial charge in [0.2, 0.25) is 0 Å². The summed E-state index contributed by atoms with van der Waals surface area (Å²) in [5.41, 5.74) is 7.82. The van der Waals surface area contributed by atoms with Gasteiger partial charge in [0.05, 0.1) is 0 Å². The SMILES string of the molecule is CCc1c(N)ncnc1Nc1ccc2cc(Br)ccc2c1. The lowest BCUT2D eigenvalue weighted by Gasteiger charge is -2.11. The van der Waals surface area contributed by atoms with Gasteiger partial charge in [0.15, 0.2) is 0 Å². The number of fused-ring (bicyclic) bond motifs is 1. The third-order valence-electron chi connectivity index (χ3n) is 3.40. The molecule has 0 atom stereocenters. The van der Waals surface area contributed by atoms with Crippen LogP contribution in [0.2, 0.25) is 0 Å². The number of hydrogen-bond acceptors (Lipinski definition) is 4. The lowest BCUT2D eigenvalue weighted by molar-refractivity contribution is 1.06. The fraction of sp³-hybridized carbons (Fsp3) is 0.125. The first-order chi connectivity index (χ1) is 10.2. The van der Waals surface area contributed by atoms with Gasteiger partial charge >= 0.3 is 0 Å². The van der Waals surface area contributed by atoms with E-state index in [9.17, 15) is 0 Å². The van der Waals surface area contributed by atoms with Gasteiger partial charge in [-0.1, -0.05) is 35.0 Å². The van der Waals surface area contributed by atoms with Crippen molar-refractivity contribution in [2.24, 2.45) is 0 Å². The highest BCUT2D eigenvalue weighted by molar-refractivity contribution is 9.10. The Morgan fingerprint density at radius 2 is 1.86 bits per heavy atom. The molecular weight excluding hydrogens is 328 g/mol. The molecule has 0 aliphatic heterocycles. The Morgan fingerprint density at radius 1 is 1.10 bits per heavy atom. The number of rotatable bonds is 3. The van der Waals surface area contributed by atoms with E-state index in [1.165, 1.54) is 17.1 Å². The maximum atomic E-state index is 5.90. The minimum Gasteiger partial charge on any atom is -0.383 e. The highest BCUT2D eigenvalue weighted by Gasteiger charge is 2.07. The van der Waals surface area contributed by atoms with Crippen LogP contribution in [0.1, 0.15) is 12.5 Å². The molecule has 0 saturated carbocycles. The molecular formula is C16H15BrN4. The average molecular weight is 343 g/mol. The molecule has 0 amide bonds. The van der Waals surface area contributed by atoms with Crippen molar-refractivity contribution in [1.82, 2.24) is 9.97 Å². The monoisotopic (exact) mass is 342 g/mol. The molecule has 21 heavy (non-hydrogen) atoms. The largest absolute Gasteiger partial charge is 0.383 e. The van der Waals surface area contributed by atoms with Crippen molar-refractivity contribution >= 4 is 44.0 Å². The quantitative estimate of drug-likeness (QED) is 0.745. The minimum absolute atomic E-state index is 0.528. The van der Waals surface area contributed by atoms with E-state index in [-0.39, 0.29) is 0 Å². The first-order valence-electron chi connectivity index (χ1n) is 6.73. The van der Waals surface area contributed by atoms with Gasteiger partial charge in [0.25, 0.3) is 0 Å². The Kier molecular flexibility index (Phi) is 3.75. The predicted molar refractivity (Wildman–Crippen MR) is 90.8 cm³/mol. The molecule has 1 heterocycles. The second-order valence-corrected chi connectivity index (χ2v) is 5.69. The first kappa shape index (κ1) is 13.8. The van der Waals surface area contributed by atoms with Gasteiger partial charge in [-0.2, -0.15) is 0 Å². The molecule has 106 valence electrons. The molecule has 0 aliphatic rings. The summed E-state index contributed by atoms with van der Waals surface area (Å²) < 4.78 is 1.08. The molecule has 5 heteroatoms. The van der Waals surface area contributed by atoms with Crippen molar-refractivity contribution < 1.29 is 0 Å². The zero-order valence-electron chi connectivity index (χ0n) is 11.6. The van der Waals surface area contributed by atoms with Crippen molar-refractivity contribution in [2.45, 2.75) is 13.3 Å². The molecule has 2 aromatic carbocycles. The van der Waals surface area contributed by atoms with Gasteiger partial charge in [-0.3, -0.25) is 0 Å². The summed E-state index contributed by atoms with van der Waals surface area (Å²) in [7, 11) is 0. The number of nitrogens with zero attached hydrogens (tertiary/aromatic N) is 2. The second-order valence-electron chi connectivity index (χ2n) is 4.77. The van der Waals surface area contributed by atoms with E-state index in [4.69, 9.17) is 5.73 Å². The van der Waals surface area contributed by atoms with Gasteiger partial charge in [-0.05, 0) is 41.5 Å². The molecule has 0 unspecified atom stereocenters. The van der Waals surface area contributed by atoms with Gasteiger partial charge in [0.1, 0.15) is 18.0 Å². The molecule has 0 bridgehead atoms. The fourth-order valence-corrected chi connectivity index (χ4v) is 2.69. The second kappa shape index (κ2) is 5.69. The number of aromatic nitrogens is 2. The number of halogens is 1. The molecule has 3 aromatic rings. The summed E-state index contributed by atoms with van der Waals surface area (Å²) in [6.45, 7) is 2.04. The Labute approximate surface area is 131 Å². The summed E-state index contributed by atoms with van der Waals surface area (Å²) >= 11 is 3.49. The molecule has 1 aromatic heterocycles. The van der Waals surface area contributed by atoms with E-state index < -0.39 is 0 Å². The van der Waals surface area contributed by atoms with Crippen LogP contribution in [0.5, 0.6) is 0 Å². The topological polar surface area (TPSA) is 63.8 Å². The van der Waals surface area contributed by atoms with Crippen LogP contribution in [0.4, 0.5) is 17.3 Å². The highest BCUT2D eigenvalue weighted by atomic mass is 79.9. The Morgan fingerprint density at radius 3 is 2.67 bits per heavy atom. The van der Waals surface area contributed by atoms with Crippen molar-refractivity contribution in [2.75, 3.05) is 11.1 Å². The van der Waals surface area contributed by atoms with Crippen LogP contribution in [0, 0.1) is 0 Å². The van der Waals surface area contributed by atoms with E-state index >= 15 is 0 Å². The number of benzene rings is 2. The standard InChI is InChI=1S/C16H15BrN4/c1-2-14-15(18)19-9-20-16(14)21-13-6-4-10-7-12(17)5-3-11(10)8-13/h3-9H,2H2,1H3,(H3,18,19,20,21). The van der Waals surface area contributed by atoms with Gasteiger partial charge in [0, 0.05) is 15.7 Å². The fourth-order valence-electron chi connectivity index (χ4n) is 2.31. The number of nitrogens with one attached hydrogen (secondary N) is 1. The third-order valence-corrected chi connectivity index (χ3v) is 3.89. The van der Waals surface area contributed by atoms with Crippen LogP contribution < -0.4 is 11.1 Å². The smallest absolute Gasteiger partial charge is 0.139 e. The molecule has 4 nitrogen and oxygen atoms in total. The lowest BCUT2D eigenvalue weighted by atomic mass is 10.1. The maximum absolute atomic E-state index is 5.90. The summed E-state index contributed by atoms with van der Waals surface area (Å²) in [6.07, 6.45) is 2.27.